The Labute approximate surface area is 138 Å². The summed E-state index contributed by atoms with van der Waals surface area (Å²) in [6.45, 7) is 1.68. The van der Waals surface area contributed by atoms with Crippen LogP contribution in [0.15, 0.2) is 41.3 Å². The van der Waals surface area contributed by atoms with Crippen LogP contribution >= 0.6 is 0 Å². The molecule has 0 radical (unpaired) electrons. The summed E-state index contributed by atoms with van der Waals surface area (Å²) in [6, 6.07) is 10.0. The van der Waals surface area contributed by atoms with E-state index in [1.54, 1.807) is 37.3 Å². The van der Waals surface area contributed by atoms with E-state index in [4.69, 9.17) is 4.74 Å². The Bertz CT molecular complexity index is 1020. The lowest BCUT2D eigenvalue weighted by Gasteiger charge is -2.10. The molecule has 0 aliphatic carbocycles. The van der Waals surface area contributed by atoms with Crippen molar-refractivity contribution >= 4 is 32.5 Å². The third kappa shape index (κ3) is 3.26. The molecule has 9 heteroatoms. The maximum Gasteiger partial charge on any atom is 0.321 e. The monoisotopic (exact) mass is 346 g/mol. The highest BCUT2D eigenvalue weighted by Gasteiger charge is 2.16. The van der Waals surface area contributed by atoms with Crippen LogP contribution in [-0.4, -0.2) is 35.0 Å². The number of ether oxygens (including phenoxy) is 1. The van der Waals surface area contributed by atoms with Crippen molar-refractivity contribution in [1.82, 2.24) is 15.0 Å². The molecule has 124 valence electrons. The van der Waals surface area contributed by atoms with Crippen LogP contribution in [0.4, 0.5) is 11.6 Å². The fraction of sp³-hybridized carbons (Fsp3) is 0.133. The maximum atomic E-state index is 11.7. The van der Waals surface area contributed by atoms with Gasteiger partial charge in [0.25, 0.3) is 10.1 Å². The van der Waals surface area contributed by atoms with Gasteiger partial charge in [-0.05, 0) is 24.4 Å². The van der Waals surface area contributed by atoms with Crippen molar-refractivity contribution in [3.63, 3.8) is 0 Å². The number of hydrogen-bond donors (Lipinski definition) is 2. The Morgan fingerprint density at radius 3 is 2.58 bits per heavy atom. The van der Waals surface area contributed by atoms with Crippen LogP contribution in [0.25, 0.3) is 10.8 Å². The molecule has 0 amide bonds. The highest BCUT2D eigenvalue weighted by Crippen LogP contribution is 2.28. The van der Waals surface area contributed by atoms with Gasteiger partial charge in [0.05, 0.1) is 7.11 Å². The molecule has 0 aliphatic rings. The molecule has 0 saturated carbocycles. The van der Waals surface area contributed by atoms with E-state index in [-0.39, 0.29) is 16.9 Å². The van der Waals surface area contributed by atoms with Crippen LogP contribution in [-0.2, 0) is 10.1 Å². The van der Waals surface area contributed by atoms with Crippen molar-refractivity contribution in [2.45, 2.75) is 11.8 Å². The third-order valence-electron chi connectivity index (χ3n) is 3.27. The number of fused-ring (bicyclic) bond motifs is 1. The Kier molecular flexibility index (Phi) is 4.04. The predicted molar refractivity (Wildman–Crippen MR) is 88.2 cm³/mol. The van der Waals surface area contributed by atoms with Crippen LogP contribution in [0.5, 0.6) is 6.01 Å². The molecular formula is C15H14N4O4S. The van der Waals surface area contributed by atoms with Crippen molar-refractivity contribution in [2.75, 3.05) is 12.4 Å². The molecule has 3 aromatic rings. The number of nitrogens with zero attached hydrogens (tertiary/aromatic N) is 3. The lowest BCUT2D eigenvalue weighted by atomic mass is 10.1. The van der Waals surface area contributed by atoms with Gasteiger partial charge in [-0.2, -0.15) is 23.4 Å². The second kappa shape index (κ2) is 6.02. The number of aryl methyl sites for hydroxylation is 1. The minimum atomic E-state index is -4.38. The minimum Gasteiger partial charge on any atom is -0.467 e. The Morgan fingerprint density at radius 2 is 1.88 bits per heavy atom. The largest absolute Gasteiger partial charge is 0.467 e. The Morgan fingerprint density at radius 1 is 1.12 bits per heavy atom. The van der Waals surface area contributed by atoms with E-state index >= 15 is 0 Å². The van der Waals surface area contributed by atoms with Crippen molar-refractivity contribution < 1.29 is 17.7 Å². The second-order valence-corrected chi connectivity index (χ2v) is 6.38. The summed E-state index contributed by atoms with van der Waals surface area (Å²) in [5, 5.41) is 3.98. The first-order valence-corrected chi connectivity index (χ1v) is 8.35. The van der Waals surface area contributed by atoms with Crippen LogP contribution in [0.3, 0.4) is 0 Å². The zero-order chi connectivity index (χ0) is 17.3. The quantitative estimate of drug-likeness (QED) is 0.692. The molecular weight excluding hydrogens is 332 g/mol. The van der Waals surface area contributed by atoms with Crippen LogP contribution < -0.4 is 10.1 Å². The van der Waals surface area contributed by atoms with Gasteiger partial charge in [-0.3, -0.25) is 4.55 Å². The first-order valence-electron chi connectivity index (χ1n) is 6.91. The Balaban J connectivity index is 2.12. The van der Waals surface area contributed by atoms with Gasteiger partial charge in [0.15, 0.2) is 0 Å². The van der Waals surface area contributed by atoms with Crippen LogP contribution in [0.2, 0.25) is 0 Å². The predicted octanol–water partition coefficient (Wildman–Crippen LogP) is 2.33. The molecule has 0 atom stereocenters. The summed E-state index contributed by atoms with van der Waals surface area (Å²) >= 11 is 0. The smallest absolute Gasteiger partial charge is 0.321 e. The molecule has 24 heavy (non-hydrogen) atoms. The van der Waals surface area contributed by atoms with E-state index in [9.17, 15) is 13.0 Å². The average molecular weight is 346 g/mol. The van der Waals surface area contributed by atoms with E-state index in [1.165, 1.54) is 13.2 Å². The van der Waals surface area contributed by atoms with E-state index < -0.39 is 10.1 Å². The molecule has 0 aliphatic heterocycles. The number of hydrogen-bond acceptors (Lipinski definition) is 7. The first-order chi connectivity index (χ1) is 11.4. The number of benzene rings is 2. The van der Waals surface area contributed by atoms with Crippen molar-refractivity contribution in [3.8, 4) is 6.01 Å². The summed E-state index contributed by atoms with van der Waals surface area (Å²) in [7, 11) is -2.95. The Hall–Kier alpha value is -2.78. The molecule has 0 unspecified atom stereocenters. The zero-order valence-corrected chi connectivity index (χ0v) is 13.7. The van der Waals surface area contributed by atoms with Gasteiger partial charge in [-0.25, -0.2) is 0 Å². The van der Waals surface area contributed by atoms with E-state index in [2.05, 4.69) is 20.3 Å². The molecule has 2 aromatic carbocycles. The maximum absolute atomic E-state index is 11.7. The SMILES string of the molecule is COc1nc(C)nc(Nc2cc(S(=O)(=O)O)c3ccccc3c2)n1. The summed E-state index contributed by atoms with van der Waals surface area (Å²) in [5.41, 5.74) is 0.411. The zero-order valence-electron chi connectivity index (χ0n) is 12.9. The number of methoxy groups -OCH3 is 1. The molecule has 1 aromatic heterocycles. The van der Waals surface area contributed by atoms with E-state index in [0.717, 1.165) is 0 Å². The molecule has 0 bridgehead atoms. The van der Waals surface area contributed by atoms with E-state index in [1.807, 2.05) is 0 Å². The summed E-state index contributed by atoms with van der Waals surface area (Å²) < 4.78 is 37.8. The summed E-state index contributed by atoms with van der Waals surface area (Å²) in [5.74, 6) is 0.649. The first kappa shape index (κ1) is 16.1. The fourth-order valence-corrected chi connectivity index (χ4v) is 3.03. The van der Waals surface area contributed by atoms with Gasteiger partial charge in [-0.1, -0.05) is 24.3 Å². The molecule has 3 rings (SSSR count). The van der Waals surface area contributed by atoms with Gasteiger partial charge in [-0.15, -0.1) is 0 Å². The van der Waals surface area contributed by atoms with Crippen LogP contribution in [0.1, 0.15) is 5.82 Å². The van der Waals surface area contributed by atoms with Crippen LogP contribution in [0, 0.1) is 6.92 Å². The average Bonchev–Trinajstić information content (AvgIpc) is 2.52. The van der Waals surface area contributed by atoms with Gasteiger partial charge < -0.3 is 10.1 Å². The highest BCUT2D eigenvalue weighted by molar-refractivity contribution is 7.86. The van der Waals surface area contributed by atoms with Gasteiger partial charge in [0.1, 0.15) is 10.7 Å². The number of anilines is 2. The van der Waals surface area contributed by atoms with Crippen molar-refractivity contribution in [2.24, 2.45) is 0 Å². The lowest BCUT2D eigenvalue weighted by Crippen LogP contribution is -2.05. The summed E-state index contributed by atoms with van der Waals surface area (Å²) in [4.78, 5) is 12.0. The summed E-state index contributed by atoms with van der Waals surface area (Å²) in [6.07, 6.45) is 0. The lowest BCUT2D eigenvalue weighted by molar-refractivity contribution is 0.377. The second-order valence-electron chi connectivity index (χ2n) is 4.99. The molecule has 2 N–H and O–H groups in total. The number of rotatable bonds is 4. The molecule has 0 saturated heterocycles. The normalized spacial score (nSPS) is 11.5. The number of nitrogens with one attached hydrogen (secondary N) is 1. The molecule has 0 spiro atoms. The number of aromatic nitrogens is 3. The molecule has 1 heterocycles. The van der Waals surface area contributed by atoms with Gasteiger partial charge in [0, 0.05) is 11.1 Å². The van der Waals surface area contributed by atoms with Crippen molar-refractivity contribution in [1.29, 1.82) is 0 Å². The topological polar surface area (TPSA) is 114 Å². The van der Waals surface area contributed by atoms with E-state index in [0.29, 0.717) is 22.3 Å². The molecule has 8 nitrogen and oxygen atoms in total. The minimum absolute atomic E-state index is 0.140. The molecule has 0 fully saturated rings. The third-order valence-corrected chi connectivity index (χ3v) is 4.16. The standard InChI is InChI=1S/C15H14N4O4S/c1-9-16-14(19-15(17-9)23-2)18-11-7-10-5-3-4-6-12(10)13(8-11)24(20,21)22/h3-8H,1-2H3,(H,20,21,22)(H,16,17,18,19). The van der Waals surface area contributed by atoms with Gasteiger partial charge >= 0.3 is 6.01 Å². The highest BCUT2D eigenvalue weighted by atomic mass is 32.2. The van der Waals surface area contributed by atoms with Crippen molar-refractivity contribution in [3.05, 3.63) is 42.2 Å². The van der Waals surface area contributed by atoms with Gasteiger partial charge in [0.2, 0.25) is 5.95 Å². The fourth-order valence-electron chi connectivity index (χ4n) is 2.29.